The van der Waals surface area contributed by atoms with Gasteiger partial charge in [0.25, 0.3) is 0 Å². The van der Waals surface area contributed by atoms with Crippen LogP contribution in [0.2, 0.25) is 0 Å². The van der Waals surface area contributed by atoms with E-state index in [4.69, 9.17) is 4.74 Å². The molecule has 2 aromatic rings. The SMILES string of the molecule is c1ccc(-c2ccncc2)c(COC2CCNC2)c1. The topological polar surface area (TPSA) is 34.1 Å². The lowest BCUT2D eigenvalue weighted by Crippen LogP contribution is -2.16. The number of hydrogen-bond acceptors (Lipinski definition) is 3. The molecule has 0 amide bonds. The maximum Gasteiger partial charge on any atom is 0.0727 e. The van der Waals surface area contributed by atoms with Crippen LogP contribution in [0.1, 0.15) is 12.0 Å². The Morgan fingerprint density at radius 1 is 1.16 bits per heavy atom. The number of benzene rings is 1. The lowest BCUT2D eigenvalue weighted by Gasteiger charge is -2.13. The van der Waals surface area contributed by atoms with Crippen LogP contribution in [0.15, 0.2) is 48.8 Å². The van der Waals surface area contributed by atoms with E-state index < -0.39 is 0 Å². The molecule has 1 aromatic heterocycles. The normalized spacial score (nSPS) is 18.6. The minimum absolute atomic E-state index is 0.352. The van der Waals surface area contributed by atoms with Crippen LogP contribution in [0.4, 0.5) is 0 Å². The second-order valence-electron chi connectivity index (χ2n) is 4.82. The number of nitrogens with one attached hydrogen (secondary N) is 1. The molecule has 1 saturated heterocycles. The van der Waals surface area contributed by atoms with Crippen LogP contribution in [0.25, 0.3) is 11.1 Å². The van der Waals surface area contributed by atoms with Crippen molar-refractivity contribution in [1.82, 2.24) is 10.3 Å². The van der Waals surface area contributed by atoms with Crippen LogP contribution < -0.4 is 5.32 Å². The Balaban J connectivity index is 1.77. The molecule has 98 valence electrons. The number of aromatic nitrogens is 1. The number of ether oxygens (including phenoxy) is 1. The highest BCUT2D eigenvalue weighted by atomic mass is 16.5. The third-order valence-corrected chi connectivity index (χ3v) is 3.50. The largest absolute Gasteiger partial charge is 0.372 e. The minimum atomic E-state index is 0.352. The first-order chi connectivity index (χ1) is 9.43. The number of nitrogens with zero attached hydrogens (tertiary/aromatic N) is 1. The van der Waals surface area contributed by atoms with E-state index in [1.165, 1.54) is 16.7 Å². The van der Waals surface area contributed by atoms with Crippen molar-refractivity contribution in [3.05, 3.63) is 54.4 Å². The molecule has 1 atom stereocenters. The number of rotatable bonds is 4. The molecule has 19 heavy (non-hydrogen) atoms. The lowest BCUT2D eigenvalue weighted by molar-refractivity contribution is 0.0545. The highest BCUT2D eigenvalue weighted by molar-refractivity contribution is 5.66. The predicted octanol–water partition coefficient (Wildman–Crippen LogP) is 2.63. The summed E-state index contributed by atoms with van der Waals surface area (Å²) in [6.07, 6.45) is 5.12. The summed E-state index contributed by atoms with van der Waals surface area (Å²) >= 11 is 0. The molecule has 2 heterocycles. The van der Waals surface area contributed by atoms with E-state index in [9.17, 15) is 0 Å². The van der Waals surface area contributed by atoms with E-state index in [-0.39, 0.29) is 0 Å². The minimum Gasteiger partial charge on any atom is -0.372 e. The monoisotopic (exact) mass is 254 g/mol. The molecule has 1 aromatic carbocycles. The second kappa shape index (κ2) is 5.95. The molecule has 0 aliphatic carbocycles. The predicted molar refractivity (Wildman–Crippen MR) is 75.7 cm³/mol. The molecular formula is C16H18N2O. The molecule has 0 saturated carbocycles. The van der Waals surface area contributed by atoms with Crippen LogP contribution >= 0.6 is 0 Å². The second-order valence-corrected chi connectivity index (χ2v) is 4.82. The molecule has 0 bridgehead atoms. The van der Waals surface area contributed by atoms with Gasteiger partial charge in [0, 0.05) is 18.9 Å². The summed E-state index contributed by atoms with van der Waals surface area (Å²) < 4.78 is 5.97. The quantitative estimate of drug-likeness (QED) is 0.910. The van der Waals surface area contributed by atoms with Crippen molar-refractivity contribution < 1.29 is 4.74 Å². The molecule has 1 unspecified atom stereocenters. The standard InChI is InChI=1S/C16H18N2O/c1-2-4-16(13-5-8-17-9-6-13)14(3-1)12-19-15-7-10-18-11-15/h1-6,8-9,15,18H,7,10-12H2. The van der Waals surface area contributed by atoms with Gasteiger partial charge in [-0.25, -0.2) is 0 Å². The average molecular weight is 254 g/mol. The lowest BCUT2D eigenvalue weighted by atomic mass is 10.0. The summed E-state index contributed by atoms with van der Waals surface area (Å²) in [5.74, 6) is 0. The highest BCUT2D eigenvalue weighted by Gasteiger charge is 2.15. The van der Waals surface area contributed by atoms with Crippen molar-refractivity contribution in [2.75, 3.05) is 13.1 Å². The smallest absolute Gasteiger partial charge is 0.0727 e. The Bertz CT molecular complexity index is 521. The van der Waals surface area contributed by atoms with Crippen LogP contribution in [0.3, 0.4) is 0 Å². The van der Waals surface area contributed by atoms with Crippen molar-refractivity contribution in [2.24, 2.45) is 0 Å². The summed E-state index contributed by atoms with van der Waals surface area (Å²) in [7, 11) is 0. The van der Waals surface area contributed by atoms with Crippen molar-refractivity contribution in [2.45, 2.75) is 19.1 Å². The molecule has 3 rings (SSSR count). The first-order valence-corrected chi connectivity index (χ1v) is 6.74. The van der Waals surface area contributed by atoms with Crippen LogP contribution in [0.5, 0.6) is 0 Å². The fourth-order valence-electron chi connectivity index (χ4n) is 2.44. The Morgan fingerprint density at radius 3 is 2.79 bits per heavy atom. The molecule has 0 spiro atoms. The van der Waals surface area contributed by atoms with Crippen LogP contribution in [-0.4, -0.2) is 24.2 Å². The van der Waals surface area contributed by atoms with E-state index in [2.05, 4.69) is 34.6 Å². The average Bonchev–Trinajstić information content (AvgIpc) is 3.00. The molecule has 0 radical (unpaired) electrons. The number of hydrogen-bond donors (Lipinski definition) is 1. The summed E-state index contributed by atoms with van der Waals surface area (Å²) in [5, 5.41) is 3.32. The zero-order valence-electron chi connectivity index (χ0n) is 10.9. The van der Waals surface area contributed by atoms with Gasteiger partial charge < -0.3 is 10.1 Å². The van der Waals surface area contributed by atoms with Gasteiger partial charge in [0.05, 0.1) is 12.7 Å². The van der Waals surface area contributed by atoms with E-state index in [0.29, 0.717) is 12.7 Å². The maximum atomic E-state index is 5.97. The summed E-state index contributed by atoms with van der Waals surface area (Å²) in [6.45, 7) is 2.71. The molecule has 3 heteroatoms. The van der Waals surface area contributed by atoms with Crippen molar-refractivity contribution in [1.29, 1.82) is 0 Å². The molecule has 1 aliphatic rings. The summed E-state index contributed by atoms with van der Waals surface area (Å²) in [5.41, 5.74) is 3.66. The van der Waals surface area contributed by atoms with E-state index in [1.807, 2.05) is 24.5 Å². The molecule has 1 fully saturated rings. The van der Waals surface area contributed by atoms with Crippen molar-refractivity contribution >= 4 is 0 Å². The number of pyridine rings is 1. The van der Waals surface area contributed by atoms with Gasteiger partial charge in [-0.1, -0.05) is 24.3 Å². The third kappa shape index (κ3) is 3.00. The molecule has 1 aliphatic heterocycles. The van der Waals surface area contributed by atoms with Gasteiger partial charge in [-0.15, -0.1) is 0 Å². The van der Waals surface area contributed by atoms with E-state index in [0.717, 1.165) is 19.5 Å². The summed E-state index contributed by atoms with van der Waals surface area (Å²) in [6, 6.07) is 12.5. The molecule has 3 nitrogen and oxygen atoms in total. The van der Waals surface area contributed by atoms with Crippen LogP contribution in [-0.2, 0) is 11.3 Å². The van der Waals surface area contributed by atoms with Crippen molar-refractivity contribution in [3.63, 3.8) is 0 Å². The third-order valence-electron chi connectivity index (χ3n) is 3.50. The van der Waals surface area contributed by atoms with Crippen LogP contribution in [0, 0.1) is 0 Å². The Labute approximate surface area is 113 Å². The van der Waals surface area contributed by atoms with Gasteiger partial charge in [0.2, 0.25) is 0 Å². The van der Waals surface area contributed by atoms with Crippen molar-refractivity contribution in [3.8, 4) is 11.1 Å². The Hall–Kier alpha value is -1.71. The molecule has 1 N–H and O–H groups in total. The van der Waals surface area contributed by atoms with Gasteiger partial charge in [0.15, 0.2) is 0 Å². The Morgan fingerprint density at radius 2 is 2.00 bits per heavy atom. The van der Waals surface area contributed by atoms with Gasteiger partial charge in [-0.05, 0) is 41.8 Å². The first-order valence-electron chi connectivity index (χ1n) is 6.74. The zero-order chi connectivity index (χ0) is 12.9. The van der Waals surface area contributed by atoms with Gasteiger partial charge in [0.1, 0.15) is 0 Å². The zero-order valence-corrected chi connectivity index (χ0v) is 10.9. The fourth-order valence-corrected chi connectivity index (χ4v) is 2.44. The maximum absolute atomic E-state index is 5.97. The van der Waals surface area contributed by atoms with Gasteiger partial charge in [-0.3, -0.25) is 4.98 Å². The Kier molecular flexibility index (Phi) is 3.86. The van der Waals surface area contributed by atoms with E-state index in [1.54, 1.807) is 0 Å². The van der Waals surface area contributed by atoms with Gasteiger partial charge in [-0.2, -0.15) is 0 Å². The molecular weight excluding hydrogens is 236 g/mol. The highest BCUT2D eigenvalue weighted by Crippen LogP contribution is 2.24. The first kappa shape index (κ1) is 12.3. The van der Waals surface area contributed by atoms with E-state index >= 15 is 0 Å². The summed E-state index contributed by atoms with van der Waals surface area (Å²) in [4.78, 5) is 4.07. The van der Waals surface area contributed by atoms with Gasteiger partial charge >= 0.3 is 0 Å². The fraction of sp³-hybridized carbons (Fsp3) is 0.312.